The number of aromatic nitrogens is 2. The normalized spacial score (nSPS) is 22.4. The van der Waals surface area contributed by atoms with Crippen LogP contribution in [0.5, 0.6) is 17.2 Å². The van der Waals surface area contributed by atoms with Crippen molar-refractivity contribution in [2.24, 2.45) is 5.92 Å². The molecule has 13 nitrogen and oxygen atoms in total. The van der Waals surface area contributed by atoms with E-state index in [1.54, 1.807) is 13.0 Å². The maximum atomic E-state index is 13.6. The van der Waals surface area contributed by atoms with Crippen LogP contribution in [0, 0.1) is 11.7 Å². The summed E-state index contributed by atoms with van der Waals surface area (Å²) < 4.78 is 47.7. The quantitative estimate of drug-likeness (QED) is 0.394. The van der Waals surface area contributed by atoms with Crippen LogP contribution in [0.15, 0.2) is 40.1 Å². The molecule has 14 heteroatoms. The van der Waals surface area contributed by atoms with Gasteiger partial charge in [0, 0.05) is 31.2 Å². The van der Waals surface area contributed by atoms with Gasteiger partial charge in [0.2, 0.25) is 6.79 Å². The fourth-order valence-corrected chi connectivity index (χ4v) is 5.01. The maximum Gasteiger partial charge on any atom is 0.530 e. The third kappa shape index (κ3) is 6.40. The molecule has 0 amide bonds. The van der Waals surface area contributed by atoms with Crippen molar-refractivity contribution < 1.29 is 37.4 Å². The zero-order valence-corrected chi connectivity index (χ0v) is 21.3. The van der Waals surface area contributed by atoms with Gasteiger partial charge in [0.15, 0.2) is 11.5 Å². The van der Waals surface area contributed by atoms with E-state index in [1.807, 2.05) is 6.92 Å². The van der Waals surface area contributed by atoms with Gasteiger partial charge < -0.3 is 23.5 Å². The Morgan fingerprint density at radius 3 is 2.84 bits per heavy atom. The Labute approximate surface area is 211 Å². The molecule has 2 aliphatic heterocycles. The van der Waals surface area contributed by atoms with Crippen LogP contribution in [0.3, 0.4) is 0 Å². The minimum absolute atomic E-state index is 0.0499. The molecule has 2 aromatic rings. The number of ether oxygens (including phenoxy) is 4. The summed E-state index contributed by atoms with van der Waals surface area (Å²) in [5, 5.41) is 0. The van der Waals surface area contributed by atoms with Crippen LogP contribution in [0.25, 0.3) is 4.85 Å². The van der Waals surface area contributed by atoms with Gasteiger partial charge in [-0.3, -0.25) is 18.9 Å². The lowest BCUT2D eigenvalue weighted by molar-refractivity contribution is -0.143. The summed E-state index contributed by atoms with van der Waals surface area (Å²) >= 11 is 0. The van der Waals surface area contributed by atoms with Gasteiger partial charge in [0.1, 0.15) is 12.0 Å². The van der Waals surface area contributed by atoms with E-state index in [-0.39, 0.29) is 31.7 Å². The Kier molecular flexibility index (Phi) is 8.02. The highest BCUT2D eigenvalue weighted by Gasteiger charge is 2.39. The van der Waals surface area contributed by atoms with E-state index in [1.165, 1.54) is 35.9 Å². The molecule has 0 radical (unpaired) electrons. The number of rotatable bonds is 8. The molecular weight excluding hydrogens is 509 g/mol. The van der Waals surface area contributed by atoms with Crippen molar-refractivity contribution >= 4 is 13.6 Å². The number of nitrogens with zero attached hydrogens (tertiary/aromatic N) is 2. The van der Waals surface area contributed by atoms with Crippen molar-refractivity contribution in [1.82, 2.24) is 9.55 Å². The minimum atomic E-state index is -4.18. The highest BCUT2D eigenvalue weighted by Crippen LogP contribution is 2.50. The van der Waals surface area contributed by atoms with E-state index in [9.17, 15) is 18.9 Å². The number of esters is 1. The third-order valence-corrected chi connectivity index (χ3v) is 6.88. The molecule has 0 spiro atoms. The Balaban J connectivity index is 1.50. The van der Waals surface area contributed by atoms with Gasteiger partial charge >= 0.3 is 31.1 Å². The molecule has 1 saturated heterocycles. The second-order valence-corrected chi connectivity index (χ2v) is 10.1. The lowest BCUT2D eigenvalue weighted by Gasteiger charge is -2.18. The average Bonchev–Trinajstić information content (AvgIpc) is 3.47. The lowest BCUT2D eigenvalue weighted by atomic mass is 10.1. The van der Waals surface area contributed by atoms with Crippen LogP contribution < -0.4 is 25.2 Å². The Bertz CT molecular complexity index is 1380. The minimum Gasteiger partial charge on any atom is -0.460 e. The smallest absolute Gasteiger partial charge is 0.460 e. The van der Waals surface area contributed by atoms with Gasteiger partial charge in [-0.15, -0.1) is 0 Å². The van der Waals surface area contributed by atoms with E-state index in [2.05, 4.69) is 15.6 Å². The third-order valence-electron chi connectivity index (χ3n) is 5.58. The van der Waals surface area contributed by atoms with Crippen LogP contribution in [0.4, 0.5) is 0 Å². The van der Waals surface area contributed by atoms with E-state index < -0.39 is 43.2 Å². The summed E-state index contributed by atoms with van der Waals surface area (Å²) in [7, 11) is -4.18. The van der Waals surface area contributed by atoms with Gasteiger partial charge in [-0.2, -0.15) is 0 Å². The largest absolute Gasteiger partial charge is 0.530 e. The standard InChI is InChI=1S/C23H26N3O10P/c1-4-31-22(28)15(3)24-12-37(30,36-16-5-6-18-19(10-16)33-13-32-18)34-11-17-9-14(2)21(35-17)26-8-7-20(27)25-23(26)29/h5-8,10,14-15,17,21H,4,9,11,13H2,1-3H3/p+1. The first-order valence-corrected chi connectivity index (χ1v) is 13.2. The Morgan fingerprint density at radius 2 is 2.08 bits per heavy atom. The van der Waals surface area contributed by atoms with E-state index in [0.29, 0.717) is 17.9 Å². The summed E-state index contributed by atoms with van der Waals surface area (Å²) in [5.74, 6) is 2.69. The fourth-order valence-electron chi connectivity index (χ4n) is 3.79. The predicted octanol–water partition coefficient (Wildman–Crippen LogP) is 2.72. The van der Waals surface area contributed by atoms with Gasteiger partial charge in [0.25, 0.3) is 5.56 Å². The first-order valence-electron chi connectivity index (χ1n) is 11.6. The molecule has 0 bridgehead atoms. The van der Waals surface area contributed by atoms with Crippen LogP contribution in [0.2, 0.25) is 0 Å². The number of benzene rings is 1. The fraction of sp³-hybridized carbons (Fsp3) is 0.478. The molecule has 198 valence electrons. The van der Waals surface area contributed by atoms with Crippen molar-refractivity contribution in [3.63, 3.8) is 0 Å². The highest BCUT2D eigenvalue weighted by molar-refractivity contribution is 7.59. The summed E-state index contributed by atoms with van der Waals surface area (Å²) in [6.07, 6.45) is 0.609. The molecule has 5 unspecified atom stereocenters. The van der Waals surface area contributed by atoms with Crippen LogP contribution in [-0.2, 0) is 23.4 Å². The van der Waals surface area contributed by atoms with Crippen molar-refractivity contribution in [3.8, 4) is 23.1 Å². The number of nitrogens with one attached hydrogen (secondary N) is 1. The molecule has 2 aliphatic rings. The zero-order valence-electron chi connectivity index (χ0n) is 20.4. The van der Waals surface area contributed by atoms with Gasteiger partial charge in [-0.25, -0.2) is 14.2 Å². The number of fused-ring (bicyclic) bond motifs is 1. The number of carbonyl (C=O) groups excluding carboxylic acids is 1. The van der Waals surface area contributed by atoms with Crippen LogP contribution in [0.1, 0.15) is 33.4 Å². The molecule has 1 N–H and O–H groups in total. The van der Waals surface area contributed by atoms with Crippen LogP contribution in [-0.4, -0.2) is 47.7 Å². The monoisotopic (exact) mass is 536 g/mol. The SMILES string of the molecule is CCOC(=O)C(C)[N+]#CP(=O)(OCC1CC(C)C(n2ccc(=O)[nH]c2=O)O1)Oc1ccc2c(c1)OCO2. The second kappa shape index (κ2) is 11.2. The number of H-pyrrole nitrogens is 1. The summed E-state index contributed by atoms with van der Waals surface area (Å²) in [5.41, 5.74) is -1.11. The highest BCUT2D eigenvalue weighted by atomic mass is 31.2. The van der Waals surface area contributed by atoms with E-state index in [4.69, 9.17) is 28.0 Å². The molecule has 1 aromatic heterocycles. The number of hydrogen-bond acceptors (Lipinski definition) is 10. The molecular formula is C23H27N3O10P+. The average molecular weight is 536 g/mol. The van der Waals surface area contributed by atoms with Gasteiger partial charge in [-0.05, 0) is 25.5 Å². The summed E-state index contributed by atoms with van der Waals surface area (Å²) in [6, 6.07) is 4.84. The summed E-state index contributed by atoms with van der Waals surface area (Å²) in [6.45, 7) is 5.03. The van der Waals surface area contributed by atoms with Crippen molar-refractivity contribution in [3.05, 3.63) is 56.1 Å². The zero-order chi connectivity index (χ0) is 26.6. The molecule has 5 atom stereocenters. The molecule has 1 fully saturated rings. The molecule has 0 aliphatic carbocycles. The Morgan fingerprint density at radius 1 is 1.30 bits per heavy atom. The number of hydrogen-bond donors (Lipinski definition) is 1. The molecule has 0 saturated carbocycles. The van der Waals surface area contributed by atoms with Crippen LogP contribution >= 0.6 is 7.60 Å². The number of aromatic amines is 1. The summed E-state index contributed by atoms with van der Waals surface area (Å²) in [4.78, 5) is 41.6. The first-order chi connectivity index (χ1) is 17.7. The second-order valence-electron chi connectivity index (χ2n) is 8.44. The van der Waals surface area contributed by atoms with Gasteiger partial charge in [-0.1, -0.05) is 11.8 Å². The topological polar surface area (TPSA) is 149 Å². The van der Waals surface area contributed by atoms with Crippen molar-refractivity contribution in [2.75, 3.05) is 20.0 Å². The number of carbonyl (C=O) groups is 1. The predicted molar refractivity (Wildman–Crippen MR) is 129 cm³/mol. The van der Waals surface area contributed by atoms with Crippen molar-refractivity contribution in [2.45, 2.75) is 45.6 Å². The van der Waals surface area contributed by atoms with E-state index in [0.717, 1.165) is 0 Å². The first kappa shape index (κ1) is 26.5. The van der Waals surface area contributed by atoms with Gasteiger partial charge in [0.05, 0.1) is 19.3 Å². The molecule has 37 heavy (non-hydrogen) atoms. The lowest BCUT2D eigenvalue weighted by Crippen LogP contribution is -2.33. The molecule has 3 heterocycles. The molecule has 4 rings (SSSR count). The van der Waals surface area contributed by atoms with Crippen molar-refractivity contribution in [1.29, 1.82) is 0 Å². The van der Waals surface area contributed by atoms with E-state index >= 15 is 0 Å². The Hall–Kier alpha value is -3.59. The molecule has 1 aromatic carbocycles. The maximum absolute atomic E-state index is 13.6.